The zero-order valence-electron chi connectivity index (χ0n) is 11.3. The molecule has 0 spiro atoms. The third-order valence-corrected chi connectivity index (χ3v) is 4.81. The van der Waals surface area contributed by atoms with Gasteiger partial charge >= 0.3 is 0 Å². The van der Waals surface area contributed by atoms with Gasteiger partial charge in [-0.05, 0) is 51.8 Å². The fourth-order valence-corrected chi connectivity index (χ4v) is 2.98. The first kappa shape index (κ1) is 14.7. The van der Waals surface area contributed by atoms with E-state index in [-0.39, 0.29) is 6.10 Å². The third kappa shape index (κ3) is 2.89. The second-order valence-electron chi connectivity index (χ2n) is 4.94. The second-order valence-corrected chi connectivity index (χ2v) is 6.20. The Labute approximate surface area is 136 Å². The quantitative estimate of drug-likeness (QED) is 0.836. The first-order valence-electron chi connectivity index (χ1n) is 6.56. The van der Waals surface area contributed by atoms with E-state index in [2.05, 4.69) is 15.9 Å². The summed E-state index contributed by atoms with van der Waals surface area (Å²) in [6, 6.07) is 11.1. The SMILES string of the molecule is COc1ccc2c(c1)[C@@H](O)CC(c1ccc(Cl)c(Br)c1)O2. The lowest BCUT2D eigenvalue weighted by Crippen LogP contribution is -2.19. The van der Waals surface area contributed by atoms with Crippen LogP contribution >= 0.6 is 27.5 Å². The molecule has 1 unspecified atom stereocenters. The van der Waals surface area contributed by atoms with E-state index in [1.807, 2.05) is 36.4 Å². The molecule has 0 radical (unpaired) electrons. The summed E-state index contributed by atoms with van der Waals surface area (Å²) in [5.74, 6) is 1.40. The highest BCUT2D eigenvalue weighted by atomic mass is 79.9. The summed E-state index contributed by atoms with van der Waals surface area (Å²) < 4.78 is 12.0. The molecule has 1 aliphatic rings. The predicted molar refractivity (Wildman–Crippen MR) is 85.1 cm³/mol. The van der Waals surface area contributed by atoms with Gasteiger partial charge in [0.15, 0.2) is 0 Å². The Morgan fingerprint density at radius 1 is 1.29 bits per heavy atom. The zero-order valence-corrected chi connectivity index (χ0v) is 13.7. The molecule has 0 aromatic heterocycles. The van der Waals surface area contributed by atoms with Crippen LogP contribution in [-0.2, 0) is 0 Å². The minimum atomic E-state index is -0.580. The molecule has 21 heavy (non-hydrogen) atoms. The first-order chi connectivity index (χ1) is 10.1. The molecule has 0 fully saturated rings. The van der Waals surface area contributed by atoms with E-state index in [1.54, 1.807) is 7.11 Å². The van der Waals surface area contributed by atoms with Gasteiger partial charge in [-0.25, -0.2) is 0 Å². The number of methoxy groups -OCH3 is 1. The van der Waals surface area contributed by atoms with Crippen molar-refractivity contribution in [2.45, 2.75) is 18.6 Å². The van der Waals surface area contributed by atoms with Crippen molar-refractivity contribution in [1.29, 1.82) is 0 Å². The molecule has 2 aromatic carbocycles. The molecule has 110 valence electrons. The van der Waals surface area contributed by atoms with Crippen molar-refractivity contribution >= 4 is 27.5 Å². The van der Waals surface area contributed by atoms with Gasteiger partial charge in [0, 0.05) is 16.5 Å². The fraction of sp³-hybridized carbons (Fsp3) is 0.250. The van der Waals surface area contributed by atoms with Crippen LogP contribution in [0.1, 0.15) is 29.8 Å². The third-order valence-electron chi connectivity index (χ3n) is 3.60. The minimum absolute atomic E-state index is 0.200. The Hall–Kier alpha value is -1.23. The first-order valence-corrected chi connectivity index (χ1v) is 7.73. The van der Waals surface area contributed by atoms with Gasteiger partial charge in [0.25, 0.3) is 0 Å². The maximum atomic E-state index is 10.4. The number of ether oxygens (including phenoxy) is 2. The van der Waals surface area contributed by atoms with Crippen LogP contribution in [0, 0.1) is 0 Å². The molecule has 0 amide bonds. The van der Waals surface area contributed by atoms with Crippen LogP contribution in [0.5, 0.6) is 11.5 Å². The average Bonchev–Trinajstić information content (AvgIpc) is 2.49. The van der Waals surface area contributed by atoms with Gasteiger partial charge in [0.1, 0.15) is 17.6 Å². The lowest BCUT2D eigenvalue weighted by molar-refractivity contribution is 0.0654. The van der Waals surface area contributed by atoms with Crippen LogP contribution in [0.2, 0.25) is 5.02 Å². The summed E-state index contributed by atoms with van der Waals surface area (Å²) in [6.45, 7) is 0. The van der Waals surface area contributed by atoms with Crippen molar-refractivity contribution in [3.05, 3.63) is 57.0 Å². The lowest BCUT2D eigenvalue weighted by atomic mass is 9.95. The summed E-state index contributed by atoms with van der Waals surface area (Å²) in [5.41, 5.74) is 1.74. The van der Waals surface area contributed by atoms with E-state index in [0.29, 0.717) is 22.9 Å². The number of aliphatic hydroxyl groups is 1. The number of aliphatic hydroxyl groups excluding tert-OH is 1. The smallest absolute Gasteiger partial charge is 0.127 e. The Kier molecular flexibility index (Phi) is 4.11. The topological polar surface area (TPSA) is 38.7 Å². The van der Waals surface area contributed by atoms with Crippen LogP contribution in [0.15, 0.2) is 40.9 Å². The highest BCUT2D eigenvalue weighted by molar-refractivity contribution is 9.10. The maximum Gasteiger partial charge on any atom is 0.127 e. The molecule has 2 aromatic rings. The Morgan fingerprint density at radius 3 is 2.81 bits per heavy atom. The van der Waals surface area contributed by atoms with Gasteiger partial charge in [0.2, 0.25) is 0 Å². The molecule has 3 rings (SSSR count). The second kappa shape index (κ2) is 5.87. The number of benzene rings is 2. The van der Waals surface area contributed by atoms with Crippen molar-refractivity contribution in [1.82, 2.24) is 0 Å². The van der Waals surface area contributed by atoms with Crippen molar-refractivity contribution in [3.8, 4) is 11.5 Å². The van der Waals surface area contributed by atoms with Gasteiger partial charge in [0.05, 0.1) is 18.2 Å². The molecule has 0 saturated heterocycles. The fourth-order valence-electron chi connectivity index (χ4n) is 2.47. The van der Waals surface area contributed by atoms with E-state index in [1.165, 1.54) is 0 Å². The summed E-state index contributed by atoms with van der Waals surface area (Å²) in [6.07, 6.45) is -0.286. The summed E-state index contributed by atoms with van der Waals surface area (Å²) in [7, 11) is 1.60. The van der Waals surface area contributed by atoms with E-state index in [0.717, 1.165) is 15.6 Å². The van der Waals surface area contributed by atoms with E-state index in [4.69, 9.17) is 21.1 Å². The molecule has 1 aliphatic heterocycles. The van der Waals surface area contributed by atoms with Gasteiger partial charge in [-0.3, -0.25) is 0 Å². The number of hydrogen-bond acceptors (Lipinski definition) is 3. The van der Waals surface area contributed by atoms with Crippen LogP contribution in [0.25, 0.3) is 0 Å². The van der Waals surface area contributed by atoms with Crippen molar-refractivity contribution < 1.29 is 14.6 Å². The Bertz CT molecular complexity index is 675. The van der Waals surface area contributed by atoms with Crippen molar-refractivity contribution in [2.75, 3.05) is 7.11 Å². The van der Waals surface area contributed by atoms with Crippen molar-refractivity contribution in [2.24, 2.45) is 0 Å². The molecule has 3 nitrogen and oxygen atoms in total. The minimum Gasteiger partial charge on any atom is -0.497 e. The molecule has 1 heterocycles. The summed E-state index contributed by atoms with van der Waals surface area (Å²) in [4.78, 5) is 0. The standard InChI is InChI=1S/C16H14BrClO3/c1-20-10-3-5-15-11(7-10)14(19)8-16(21-15)9-2-4-13(18)12(17)6-9/h2-7,14,16,19H,8H2,1H3/t14-,16?/m0/s1. The molecule has 0 aliphatic carbocycles. The molecular formula is C16H14BrClO3. The Balaban J connectivity index is 1.92. The van der Waals surface area contributed by atoms with Crippen LogP contribution in [0.4, 0.5) is 0 Å². The van der Waals surface area contributed by atoms with Gasteiger partial charge in [-0.1, -0.05) is 17.7 Å². The van der Waals surface area contributed by atoms with Gasteiger partial charge in [-0.15, -0.1) is 0 Å². The normalized spacial score (nSPS) is 20.6. The van der Waals surface area contributed by atoms with E-state index < -0.39 is 6.10 Å². The number of rotatable bonds is 2. The van der Waals surface area contributed by atoms with Crippen LogP contribution in [-0.4, -0.2) is 12.2 Å². The zero-order chi connectivity index (χ0) is 15.0. The molecule has 0 bridgehead atoms. The predicted octanol–water partition coefficient (Wildman–Crippen LogP) is 4.67. The number of halogens is 2. The molecule has 5 heteroatoms. The highest BCUT2D eigenvalue weighted by Crippen LogP contribution is 2.42. The Morgan fingerprint density at radius 2 is 2.10 bits per heavy atom. The molecular weight excluding hydrogens is 356 g/mol. The van der Waals surface area contributed by atoms with E-state index in [9.17, 15) is 5.11 Å². The highest BCUT2D eigenvalue weighted by Gasteiger charge is 2.28. The number of hydrogen-bond donors (Lipinski definition) is 1. The van der Waals surface area contributed by atoms with Crippen LogP contribution in [0.3, 0.4) is 0 Å². The lowest BCUT2D eigenvalue weighted by Gasteiger charge is -2.30. The maximum absolute atomic E-state index is 10.4. The van der Waals surface area contributed by atoms with Gasteiger partial charge < -0.3 is 14.6 Å². The molecule has 2 atom stereocenters. The monoisotopic (exact) mass is 368 g/mol. The molecule has 1 N–H and O–H groups in total. The van der Waals surface area contributed by atoms with Crippen LogP contribution < -0.4 is 9.47 Å². The van der Waals surface area contributed by atoms with E-state index >= 15 is 0 Å². The summed E-state index contributed by atoms with van der Waals surface area (Å²) in [5, 5.41) is 11.0. The average molecular weight is 370 g/mol. The molecule has 0 saturated carbocycles. The van der Waals surface area contributed by atoms with Gasteiger partial charge in [-0.2, -0.15) is 0 Å². The van der Waals surface area contributed by atoms with Crippen molar-refractivity contribution in [3.63, 3.8) is 0 Å². The summed E-state index contributed by atoms with van der Waals surface area (Å²) >= 11 is 9.42. The number of fused-ring (bicyclic) bond motifs is 1. The largest absolute Gasteiger partial charge is 0.497 e.